The molecule has 194 valence electrons. The van der Waals surface area contributed by atoms with Crippen LogP contribution in [-0.2, 0) is 13.1 Å². The number of halogens is 3. The van der Waals surface area contributed by atoms with E-state index in [0.29, 0.717) is 27.3 Å². The van der Waals surface area contributed by atoms with Gasteiger partial charge in [0.2, 0.25) is 0 Å². The zero-order valence-corrected chi connectivity index (χ0v) is 23.4. The van der Waals surface area contributed by atoms with Crippen molar-refractivity contribution in [3.63, 3.8) is 0 Å². The van der Waals surface area contributed by atoms with Gasteiger partial charge in [-0.05, 0) is 78.3 Å². The van der Waals surface area contributed by atoms with E-state index in [-0.39, 0.29) is 0 Å². The molecule has 0 aromatic carbocycles. The molecule has 0 radical (unpaired) electrons. The molecule has 10 nitrogen and oxygen atoms in total. The quantitative estimate of drug-likeness (QED) is 0.173. The van der Waals surface area contributed by atoms with Crippen molar-refractivity contribution < 1.29 is 9.90 Å². The van der Waals surface area contributed by atoms with E-state index in [1.54, 1.807) is 46.3 Å². The fraction of sp³-hybridized carbons (Fsp3) is 0.375. The van der Waals surface area contributed by atoms with E-state index < -0.39 is 6.10 Å². The second-order valence-corrected chi connectivity index (χ2v) is 10.7. The maximum Gasteiger partial charge on any atom is 0.171 e. The van der Waals surface area contributed by atoms with Crippen molar-refractivity contribution in [1.82, 2.24) is 40.0 Å². The first kappa shape index (κ1) is 27.6. The summed E-state index contributed by atoms with van der Waals surface area (Å²) in [6.07, 6.45) is 11.6. The predicted molar refractivity (Wildman–Crippen MR) is 146 cm³/mol. The number of rotatable bonds is 7. The number of aliphatic hydroxyl groups is 1. The Bertz CT molecular complexity index is 1290. The number of aldehydes is 1. The average molecular weight is 655 g/mol. The highest BCUT2D eigenvalue weighted by atomic mass is 127. The summed E-state index contributed by atoms with van der Waals surface area (Å²) in [6, 6.07) is 7.24. The number of nitrogens with zero attached hydrogens (tertiary/aromatic N) is 8. The Hall–Kier alpha value is -2.48. The number of hydrogen-bond acceptors (Lipinski definition) is 8. The molecule has 1 atom stereocenters. The maximum absolute atomic E-state index is 10.2. The largest absolute Gasteiger partial charge is 0.382 e. The maximum atomic E-state index is 10.2. The fourth-order valence-electron chi connectivity index (χ4n) is 3.24. The van der Waals surface area contributed by atoms with E-state index >= 15 is 0 Å². The number of pyridine rings is 2. The van der Waals surface area contributed by atoms with Crippen LogP contribution in [0.1, 0.15) is 53.5 Å². The molecule has 6 rings (SSSR count). The third kappa shape index (κ3) is 8.80. The van der Waals surface area contributed by atoms with Crippen molar-refractivity contribution in [3.05, 3.63) is 79.9 Å². The third-order valence-corrected chi connectivity index (χ3v) is 7.40. The van der Waals surface area contributed by atoms with Crippen molar-refractivity contribution in [2.24, 2.45) is 11.8 Å². The highest BCUT2D eigenvalue weighted by Crippen LogP contribution is 2.31. The molecule has 2 aliphatic carbocycles. The topological polar surface area (TPSA) is 125 Å². The van der Waals surface area contributed by atoms with Crippen LogP contribution in [0.15, 0.2) is 49.1 Å². The summed E-state index contributed by atoms with van der Waals surface area (Å²) in [6.45, 7) is 1.79. The molecular weight excluding hydrogens is 630 g/mol. The van der Waals surface area contributed by atoms with Gasteiger partial charge in [-0.15, -0.1) is 10.2 Å². The van der Waals surface area contributed by atoms with Crippen molar-refractivity contribution in [1.29, 1.82) is 0 Å². The molecule has 0 amide bonds. The number of hydrogen-bond donors (Lipinski definition) is 1. The lowest BCUT2D eigenvalue weighted by molar-refractivity contribution is 0.111. The lowest BCUT2D eigenvalue weighted by Gasteiger charge is -2.08. The normalized spacial score (nSPS) is 15.1. The van der Waals surface area contributed by atoms with E-state index in [9.17, 15) is 9.90 Å². The summed E-state index contributed by atoms with van der Waals surface area (Å²) in [5, 5.41) is 26.5. The summed E-state index contributed by atoms with van der Waals surface area (Å²) in [5.41, 5.74) is 1.48. The van der Waals surface area contributed by atoms with Gasteiger partial charge in [-0.3, -0.25) is 14.2 Å². The summed E-state index contributed by atoms with van der Waals surface area (Å²) >= 11 is 13.7. The Morgan fingerprint density at radius 3 is 2.05 bits per heavy atom. The summed E-state index contributed by atoms with van der Waals surface area (Å²) in [4.78, 5) is 18.0. The highest BCUT2D eigenvalue weighted by Gasteiger charge is 2.24. The Labute approximate surface area is 237 Å². The Morgan fingerprint density at radius 1 is 0.946 bits per heavy atom. The molecule has 37 heavy (non-hydrogen) atoms. The van der Waals surface area contributed by atoms with Crippen molar-refractivity contribution in [2.75, 3.05) is 0 Å². The van der Waals surface area contributed by atoms with Crippen LogP contribution < -0.4 is 0 Å². The van der Waals surface area contributed by atoms with Gasteiger partial charge < -0.3 is 5.11 Å². The minimum atomic E-state index is -0.876. The average Bonchev–Trinajstić information content (AvgIpc) is 3.80. The van der Waals surface area contributed by atoms with Crippen LogP contribution in [0.3, 0.4) is 0 Å². The van der Waals surface area contributed by atoms with E-state index in [0.717, 1.165) is 34.8 Å². The highest BCUT2D eigenvalue weighted by molar-refractivity contribution is 14.1. The number of aromatic nitrogens is 8. The molecule has 2 aliphatic rings. The first-order chi connectivity index (χ1) is 17.9. The predicted octanol–water partition coefficient (Wildman–Crippen LogP) is 4.66. The van der Waals surface area contributed by atoms with Crippen LogP contribution in [-0.4, -0.2) is 51.3 Å². The zero-order chi connectivity index (χ0) is 26.2. The SMILES string of the molecule is Clc1ncccc1I.O=Cc1cn(CC2CC2)nn1.OC(c1cn(CC2CC2)nn1)c1cccnc1Cl. The van der Waals surface area contributed by atoms with Crippen LogP contribution >= 0.6 is 45.8 Å². The van der Waals surface area contributed by atoms with Gasteiger partial charge in [-0.25, -0.2) is 9.97 Å². The zero-order valence-electron chi connectivity index (χ0n) is 19.7. The lowest BCUT2D eigenvalue weighted by atomic mass is 10.1. The second kappa shape index (κ2) is 13.4. The molecule has 4 aromatic rings. The third-order valence-electron chi connectivity index (χ3n) is 5.59. The summed E-state index contributed by atoms with van der Waals surface area (Å²) < 4.78 is 4.51. The van der Waals surface area contributed by atoms with Gasteiger partial charge in [0.25, 0.3) is 0 Å². The van der Waals surface area contributed by atoms with Crippen LogP contribution in [0, 0.1) is 15.4 Å². The molecule has 0 bridgehead atoms. The van der Waals surface area contributed by atoms with Gasteiger partial charge in [0.15, 0.2) is 6.29 Å². The standard InChI is InChI=1S/C12H13ClN4O.C7H9N3O.C5H3ClIN/c13-12-9(2-1-5-14-12)11(18)10-7-17(16-15-10)6-8-3-4-8;11-5-7-4-10(9-8-7)3-6-1-2-6;6-5-4(7)2-1-3-8-5/h1-2,5,7-8,11,18H,3-4,6H2;4-6H,1-3H2;1-3H. The molecule has 0 saturated heterocycles. The smallest absolute Gasteiger partial charge is 0.171 e. The minimum absolute atomic E-state index is 0.293. The summed E-state index contributed by atoms with van der Waals surface area (Å²) in [5.74, 6) is 1.50. The van der Waals surface area contributed by atoms with Crippen LogP contribution in [0.4, 0.5) is 0 Å². The van der Waals surface area contributed by atoms with Gasteiger partial charge in [0.05, 0.1) is 16.0 Å². The molecule has 2 saturated carbocycles. The van der Waals surface area contributed by atoms with E-state index in [1.807, 2.05) is 12.1 Å². The van der Waals surface area contributed by atoms with Gasteiger partial charge >= 0.3 is 0 Å². The van der Waals surface area contributed by atoms with Crippen molar-refractivity contribution >= 4 is 52.1 Å². The van der Waals surface area contributed by atoms with Crippen LogP contribution in [0.5, 0.6) is 0 Å². The lowest BCUT2D eigenvalue weighted by Crippen LogP contribution is -2.02. The molecule has 1 unspecified atom stereocenters. The first-order valence-electron chi connectivity index (χ1n) is 11.7. The van der Waals surface area contributed by atoms with Crippen LogP contribution in [0.25, 0.3) is 0 Å². The van der Waals surface area contributed by atoms with Gasteiger partial charge in [-0.1, -0.05) is 39.7 Å². The fourth-order valence-corrected chi connectivity index (χ4v) is 3.93. The van der Waals surface area contributed by atoms with Crippen LogP contribution in [0.2, 0.25) is 10.3 Å². The number of aliphatic hydroxyl groups excluding tert-OH is 1. The van der Waals surface area contributed by atoms with Gasteiger partial charge in [0, 0.05) is 31.0 Å². The summed E-state index contributed by atoms with van der Waals surface area (Å²) in [7, 11) is 0. The first-order valence-corrected chi connectivity index (χ1v) is 13.6. The number of carbonyl (C=O) groups excluding carboxylic acids is 1. The molecular formula is C24H25Cl2IN8O2. The molecule has 0 aliphatic heterocycles. The van der Waals surface area contributed by atoms with Crippen molar-refractivity contribution in [2.45, 2.75) is 44.9 Å². The van der Waals surface area contributed by atoms with Gasteiger partial charge in [0.1, 0.15) is 27.8 Å². The van der Waals surface area contributed by atoms with Crippen molar-refractivity contribution in [3.8, 4) is 0 Å². The molecule has 4 heterocycles. The molecule has 0 spiro atoms. The van der Waals surface area contributed by atoms with Gasteiger partial charge in [-0.2, -0.15) is 0 Å². The molecule has 13 heteroatoms. The minimum Gasteiger partial charge on any atom is -0.382 e. The Balaban J connectivity index is 0.000000143. The second-order valence-electron chi connectivity index (χ2n) is 8.80. The Kier molecular flexibility index (Phi) is 9.95. The monoisotopic (exact) mass is 654 g/mol. The molecule has 2 fully saturated rings. The van der Waals surface area contributed by atoms with E-state index in [4.69, 9.17) is 23.2 Å². The molecule has 4 aromatic heterocycles. The van der Waals surface area contributed by atoms with E-state index in [2.05, 4.69) is 53.2 Å². The Morgan fingerprint density at radius 2 is 1.54 bits per heavy atom. The number of carbonyl (C=O) groups is 1. The van der Waals surface area contributed by atoms with E-state index in [1.165, 1.54) is 25.7 Å². The molecule has 1 N–H and O–H groups in total.